The van der Waals surface area contributed by atoms with Crippen LogP contribution in [0.5, 0.6) is 11.5 Å². The lowest BCUT2D eigenvalue weighted by Crippen LogP contribution is -2.21. The van der Waals surface area contributed by atoms with Crippen molar-refractivity contribution in [1.29, 1.82) is 0 Å². The highest BCUT2D eigenvalue weighted by Gasteiger charge is 2.16. The third-order valence-corrected chi connectivity index (χ3v) is 4.53. The number of nitrogens with one attached hydrogen (secondary N) is 1. The summed E-state index contributed by atoms with van der Waals surface area (Å²) in [4.78, 5) is 23.9. The zero-order chi connectivity index (χ0) is 17.9. The maximum atomic E-state index is 12.0. The molecule has 26 heavy (non-hydrogen) atoms. The molecule has 0 radical (unpaired) electrons. The van der Waals surface area contributed by atoms with Crippen LogP contribution in [-0.4, -0.2) is 25.3 Å². The summed E-state index contributed by atoms with van der Waals surface area (Å²) in [5.41, 5.74) is 4.17. The molecule has 2 aromatic rings. The number of aryl methyl sites for hydroxylation is 2. The molecule has 0 bridgehead atoms. The molecule has 0 saturated heterocycles. The van der Waals surface area contributed by atoms with Crippen molar-refractivity contribution in [3.63, 3.8) is 0 Å². The highest BCUT2D eigenvalue weighted by molar-refractivity contribution is 5.93. The monoisotopic (exact) mass is 353 g/mol. The van der Waals surface area contributed by atoms with Crippen molar-refractivity contribution in [2.24, 2.45) is 0 Å². The Morgan fingerprint density at radius 1 is 1.00 bits per heavy atom. The fraction of sp³-hybridized carbons (Fsp3) is 0.300. The summed E-state index contributed by atoms with van der Waals surface area (Å²) in [6, 6.07) is 11.2. The van der Waals surface area contributed by atoms with E-state index in [0.717, 1.165) is 18.4 Å². The Morgan fingerprint density at radius 2 is 1.85 bits per heavy atom. The highest BCUT2D eigenvalue weighted by Crippen LogP contribution is 2.34. The molecule has 1 aliphatic carbocycles. The van der Waals surface area contributed by atoms with Gasteiger partial charge in [0.05, 0.1) is 6.42 Å². The number of hydrogen-bond donors (Lipinski definition) is 1. The van der Waals surface area contributed by atoms with Crippen molar-refractivity contribution in [2.45, 2.75) is 25.7 Å². The van der Waals surface area contributed by atoms with Gasteiger partial charge in [0.1, 0.15) is 0 Å². The molecule has 0 fully saturated rings. The Balaban J connectivity index is 1.27. The van der Waals surface area contributed by atoms with E-state index >= 15 is 0 Å². The first-order chi connectivity index (χ1) is 12.7. The minimum Gasteiger partial charge on any atom is -0.455 e. The van der Waals surface area contributed by atoms with Crippen LogP contribution in [-0.2, 0) is 33.6 Å². The van der Waals surface area contributed by atoms with Gasteiger partial charge in [-0.25, -0.2) is 0 Å². The van der Waals surface area contributed by atoms with E-state index in [0.29, 0.717) is 17.2 Å². The van der Waals surface area contributed by atoms with Gasteiger partial charge in [-0.3, -0.25) is 9.59 Å². The molecule has 0 saturated carbocycles. The van der Waals surface area contributed by atoms with Gasteiger partial charge in [-0.2, -0.15) is 0 Å². The van der Waals surface area contributed by atoms with Gasteiger partial charge >= 0.3 is 5.97 Å². The number of carbonyl (C=O) groups is 2. The van der Waals surface area contributed by atoms with Crippen LogP contribution in [0, 0.1) is 0 Å². The standard InChI is InChI=1S/C20H19NO5/c22-19(21-16-6-7-17-18(10-16)26-12-25-17)11-24-20(23)9-13-4-5-14-2-1-3-15(14)8-13/h4-8,10H,1-3,9,11-12H2,(H,21,22). The molecule has 1 heterocycles. The van der Waals surface area contributed by atoms with Crippen molar-refractivity contribution in [2.75, 3.05) is 18.7 Å². The smallest absolute Gasteiger partial charge is 0.310 e. The number of anilines is 1. The molecule has 0 atom stereocenters. The quantitative estimate of drug-likeness (QED) is 0.837. The van der Waals surface area contributed by atoms with Gasteiger partial charge in [0, 0.05) is 11.8 Å². The van der Waals surface area contributed by atoms with Crippen molar-refractivity contribution in [1.82, 2.24) is 0 Å². The first-order valence-electron chi connectivity index (χ1n) is 8.63. The largest absolute Gasteiger partial charge is 0.455 e. The third-order valence-electron chi connectivity index (χ3n) is 4.53. The number of esters is 1. The lowest BCUT2D eigenvalue weighted by atomic mass is 10.0. The summed E-state index contributed by atoms with van der Waals surface area (Å²) in [6.07, 6.45) is 3.52. The summed E-state index contributed by atoms with van der Waals surface area (Å²) >= 11 is 0. The second kappa shape index (κ2) is 7.07. The van der Waals surface area contributed by atoms with Crippen LogP contribution < -0.4 is 14.8 Å². The third kappa shape index (κ3) is 3.64. The SMILES string of the molecule is O=C(COC(=O)Cc1ccc2c(c1)CCC2)Nc1ccc2c(c1)OCO2. The molecule has 4 rings (SSSR count). The van der Waals surface area contributed by atoms with E-state index in [2.05, 4.69) is 17.4 Å². The molecule has 6 heteroatoms. The Hall–Kier alpha value is -3.02. The number of hydrogen-bond acceptors (Lipinski definition) is 5. The van der Waals surface area contributed by atoms with Crippen molar-refractivity contribution in [3.05, 3.63) is 53.1 Å². The molecule has 134 valence electrons. The maximum absolute atomic E-state index is 12.0. The predicted octanol–water partition coefficient (Wildman–Crippen LogP) is 2.63. The van der Waals surface area contributed by atoms with E-state index < -0.39 is 11.9 Å². The van der Waals surface area contributed by atoms with Crippen molar-refractivity contribution < 1.29 is 23.8 Å². The number of ether oxygens (including phenoxy) is 3. The Labute approximate surface area is 151 Å². The number of amides is 1. The minimum atomic E-state index is -0.413. The molecule has 0 spiro atoms. The maximum Gasteiger partial charge on any atom is 0.310 e. The molecular weight excluding hydrogens is 334 g/mol. The zero-order valence-electron chi connectivity index (χ0n) is 14.2. The van der Waals surface area contributed by atoms with E-state index in [1.54, 1.807) is 18.2 Å². The van der Waals surface area contributed by atoms with Crippen molar-refractivity contribution in [3.8, 4) is 11.5 Å². The van der Waals surface area contributed by atoms with Crippen LogP contribution in [0.4, 0.5) is 5.69 Å². The summed E-state index contributed by atoms with van der Waals surface area (Å²) in [7, 11) is 0. The van der Waals surface area contributed by atoms with Crippen LogP contribution in [0.1, 0.15) is 23.1 Å². The molecular formula is C20H19NO5. The molecule has 0 unspecified atom stereocenters. The summed E-state index contributed by atoms with van der Waals surface area (Å²) < 4.78 is 15.6. The fourth-order valence-electron chi connectivity index (χ4n) is 3.27. The molecule has 1 amide bonds. The van der Waals surface area contributed by atoms with Gasteiger partial charge in [-0.05, 0) is 48.1 Å². The number of benzene rings is 2. The van der Waals surface area contributed by atoms with Gasteiger partial charge in [0.15, 0.2) is 18.1 Å². The fourth-order valence-corrected chi connectivity index (χ4v) is 3.27. The number of fused-ring (bicyclic) bond motifs is 2. The van der Waals surface area contributed by atoms with Crippen LogP contribution in [0.15, 0.2) is 36.4 Å². The first kappa shape index (κ1) is 16.4. The average Bonchev–Trinajstić information content (AvgIpc) is 3.28. The second-order valence-corrected chi connectivity index (χ2v) is 6.41. The topological polar surface area (TPSA) is 73.9 Å². The zero-order valence-corrected chi connectivity index (χ0v) is 14.2. The molecule has 0 aromatic heterocycles. The second-order valence-electron chi connectivity index (χ2n) is 6.41. The predicted molar refractivity (Wildman–Crippen MR) is 94.3 cm³/mol. The number of carbonyl (C=O) groups excluding carboxylic acids is 2. The normalized spacial score (nSPS) is 14.0. The molecule has 2 aromatic carbocycles. The average molecular weight is 353 g/mol. The Morgan fingerprint density at radius 3 is 2.77 bits per heavy atom. The molecule has 2 aliphatic rings. The van der Waals surface area contributed by atoms with Gasteiger partial charge in [0.25, 0.3) is 5.91 Å². The lowest BCUT2D eigenvalue weighted by molar-refractivity contribution is -0.146. The summed E-state index contributed by atoms with van der Waals surface area (Å²) in [5.74, 6) is 0.412. The van der Waals surface area contributed by atoms with Crippen molar-refractivity contribution >= 4 is 17.6 Å². The minimum absolute atomic E-state index is 0.171. The van der Waals surface area contributed by atoms with E-state index in [9.17, 15) is 9.59 Å². The van der Waals surface area contributed by atoms with E-state index in [4.69, 9.17) is 14.2 Å². The Kier molecular flexibility index (Phi) is 4.48. The molecule has 6 nitrogen and oxygen atoms in total. The van der Waals surface area contributed by atoms with Crippen LogP contribution in [0.2, 0.25) is 0 Å². The van der Waals surface area contributed by atoms with E-state index in [1.807, 2.05) is 6.07 Å². The first-order valence-corrected chi connectivity index (χ1v) is 8.63. The molecule has 1 aliphatic heterocycles. The Bertz CT molecular complexity index is 790. The number of rotatable bonds is 5. The van der Waals surface area contributed by atoms with Crippen LogP contribution >= 0.6 is 0 Å². The van der Waals surface area contributed by atoms with E-state index in [1.165, 1.54) is 17.5 Å². The summed E-state index contributed by atoms with van der Waals surface area (Å²) in [5, 5.41) is 2.67. The van der Waals surface area contributed by atoms with Crippen LogP contribution in [0.3, 0.4) is 0 Å². The summed E-state index contributed by atoms with van der Waals surface area (Å²) in [6.45, 7) is -0.148. The lowest BCUT2D eigenvalue weighted by Gasteiger charge is -2.08. The van der Waals surface area contributed by atoms with E-state index in [-0.39, 0.29) is 19.8 Å². The van der Waals surface area contributed by atoms with Gasteiger partial charge in [0.2, 0.25) is 6.79 Å². The highest BCUT2D eigenvalue weighted by atomic mass is 16.7. The van der Waals surface area contributed by atoms with Crippen LogP contribution in [0.25, 0.3) is 0 Å². The van der Waals surface area contributed by atoms with Gasteiger partial charge in [-0.1, -0.05) is 18.2 Å². The molecule has 1 N–H and O–H groups in total. The van der Waals surface area contributed by atoms with Gasteiger partial charge < -0.3 is 19.5 Å². The van der Waals surface area contributed by atoms with Gasteiger partial charge in [-0.15, -0.1) is 0 Å².